The largest absolute Gasteiger partial charge is 0.382 e. The molecule has 0 bridgehead atoms. The van der Waals surface area contributed by atoms with Crippen molar-refractivity contribution in [1.82, 2.24) is 25.7 Å². The number of hydrogen-bond donors (Lipinski definition) is 4. The summed E-state index contributed by atoms with van der Waals surface area (Å²) in [5.74, 6) is -2.27. The minimum Gasteiger partial charge on any atom is -0.382 e. The lowest BCUT2D eigenvalue weighted by molar-refractivity contribution is -0.130. The van der Waals surface area contributed by atoms with E-state index in [1.54, 1.807) is 0 Å². The van der Waals surface area contributed by atoms with Crippen LogP contribution in [0.4, 0.5) is 14.6 Å². The van der Waals surface area contributed by atoms with Crippen LogP contribution in [0.3, 0.4) is 0 Å². The molecule has 1 fully saturated rings. The van der Waals surface area contributed by atoms with Gasteiger partial charge in [-0.15, -0.1) is 0 Å². The molecule has 2 amide bonds. The van der Waals surface area contributed by atoms with Gasteiger partial charge in [0.2, 0.25) is 11.8 Å². The third kappa shape index (κ3) is 5.99. The smallest absolute Gasteiger partial charge is 0.243 e. The SMILES string of the molecule is CC1CCCC(C)N1CC(=O)N[C@@H](Cc1ccc(F)c(F)c1)C(=O)NCc1ccc2c(N)n[nH]c2c1. The zero-order valence-electron chi connectivity index (χ0n) is 20.5. The molecule has 1 aromatic heterocycles. The number of fused-ring (bicyclic) bond motifs is 1. The van der Waals surface area contributed by atoms with Crippen molar-refractivity contribution in [3.8, 4) is 0 Å². The lowest BCUT2D eigenvalue weighted by Gasteiger charge is -2.38. The van der Waals surface area contributed by atoms with Crippen LogP contribution >= 0.6 is 0 Å². The van der Waals surface area contributed by atoms with Gasteiger partial charge in [-0.2, -0.15) is 5.10 Å². The van der Waals surface area contributed by atoms with Crippen LogP contribution in [0.2, 0.25) is 0 Å². The standard InChI is InChI=1S/C26H32F2N6O2/c1-15-4-3-5-16(2)34(15)14-24(35)31-23(11-17-7-9-20(27)21(28)10-17)26(36)30-13-18-6-8-19-22(12-18)32-33-25(19)29/h6-10,12,15-16,23H,3-5,11,13-14H2,1-2H3,(H,30,36)(H,31,35)(H3,29,32,33)/t15?,16?,23-/m0/s1. The Balaban J connectivity index is 1.46. The molecule has 0 saturated carbocycles. The fraction of sp³-hybridized carbons (Fsp3) is 0.423. The van der Waals surface area contributed by atoms with E-state index in [4.69, 9.17) is 5.73 Å². The first kappa shape index (κ1) is 25.6. The number of aromatic amines is 1. The minimum atomic E-state index is -0.999. The van der Waals surface area contributed by atoms with Crippen molar-refractivity contribution in [2.24, 2.45) is 0 Å². The van der Waals surface area contributed by atoms with Gasteiger partial charge in [0, 0.05) is 30.4 Å². The molecule has 4 rings (SSSR count). The summed E-state index contributed by atoms with van der Waals surface area (Å²) in [4.78, 5) is 28.2. The van der Waals surface area contributed by atoms with E-state index in [9.17, 15) is 18.4 Å². The van der Waals surface area contributed by atoms with Crippen molar-refractivity contribution in [3.05, 3.63) is 59.2 Å². The number of amides is 2. The summed E-state index contributed by atoms with van der Waals surface area (Å²) in [5, 5.41) is 13.3. The highest BCUT2D eigenvalue weighted by Gasteiger charge is 2.28. The van der Waals surface area contributed by atoms with Crippen molar-refractivity contribution >= 4 is 28.5 Å². The van der Waals surface area contributed by atoms with E-state index in [-0.39, 0.29) is 37.5 Å². The number of anilines is 1. The van der Waals surface area contributed by atoms with Gasteiger partial charge in [-0.05, 0) is 62.1 Å². The van der Waals surface area contributed by atoms with Crippen LogP contribution in [-0.4, -0.2) is 51.6 Å². The second kappa shape index (κ2) is 11.0. The van der Waals surface area contributed by atoms with Gasteiger partial charge in [0.15, 0.2) is 17.5 Å². The molecule has 2 unspecified atom stereocenters. The Morgan fingerprint density at radius 2 is 1.83 bits per heavy atom. The third-order valence-electron chi connectivity index (χ3n) is 6.90. The van der Waals surface area contributed by atoms with Gasteiger partial charge in [0.1, 0.15) is 6.04 Å². The van der Waals surface area contributed by atoms with E-state index in [0.717, 1.165) is 47.9 Å². The van der Waals surface area contributed by atoms with Crippen molar-refractivity contribution in [2.75, 3.05) is 12.3 Å². The minimum absolute atomic E-state index is 0.0238. The van der Waals surface area contributed by atoms with Crippen LogP contribution in [0.1, 0.15) is 44.2 Å². The number of nitrogens with zero attached hydrogens (tertiary/aromatic N) is 2. The number of likely N-dealkylation sites (tertiary alicyclic amines) is 1. The first-order chi connectivity index (χ1) is 17.2. The lowest BCUT2D eigenvalue weighted by atomic mass is 9.97. The van der Waals surface area contributed by atoms with Crippen molar-refractivity contribution in [3.63, 3.8) is 0 Å². The first-order valence-corrected chi connectivity index (χ1v) is 12.2. The van der Waals surface area contributed by atoms with Gasteiger partial charge in [-0.3, -0.25) is 19.6 Å². The number of carbonyl (C=O) groups excluding carboxylic acids is 2. The number of halogens is 2. The molecule has 192 valence electrons. The zero-order chi connectivity index (χ0) is 25.8. The zero-order valence-corrected chi connectivity index (χ0v) is 20.5. The van der Waals surface area contributed by atoms with Crippen molar-refractivity contribution in [2.45, 2.75) is 64.2 Å². The van der Waals surface area contributed by atoms with E-state index in [1.807, 2.05) is 18.2 Å². The fourth-order valence-corrected chi connectivity index (χ4v) is 4.81. The molecule has 0 spiro atoms. The van der Waals surface area contributed by atoms with E-state index in [2.05, 4.69) is 39.6 Å². The third-order valence-corrected chi connectivity index (χ3v) is 6.90. The van der Waals surface area contributed by atoms with Gasteiger partial charge >= 0.3 is 0 Å². The number of nitrogens with two attached hydrogens (primary N) is 1. The maximum absolute atomic E-state index is 13.8. The summed E-state index contributed by atoms with van der Waals surface area (Å²) in [5.41, 5.74) is 7.77. The van der Waals surface area contributed by atoms with Crippen LogP contribution in [-0.2, 0) is 22.6 Å². The van der Waals surface area contributed by atoms with E-state index >= 15 is 0 Å². The van der Waals surface area contributed by atoms with Gasteiger partial charge < -0.3 is 16.4 Å². The number of carbonyl (C=O) groups is 2. The summed E-state index contributed by atoms with van der Waals surface area (Å²) >= 11 is 0. The quantitative estimate of drug-likeness (QED) is 0.381. The van der Waals surface area contributed by atoms with Crippen LogP contribution in [0, 0.1) is 11.6 Å². The molecule has 0 radical (unpaired) electrons. The predicted octanol–water partition coefficient (Wildman–Crippen LogP) is 3.03. The molecule has 1 aliphatic heterocycles. The number of H-pyrrole nitrogens is 1. The first-order valence-electron chi connectivity index (χ1n) is 12.2. The Hall–Kier alpha value is -3.53. The van der Waals surface area contributed by atoms with Crippen LogP contribution in [0.15, 0.2) is 36.4 Å². The summed E-state index contributed by atoms with van der Waals surface area (Å²) in [7, 11) is 0. The molecule has 36 heavy (non-hydrogen) atoms. The number of nitrogen functional groups attached to an aromatic ring is 1. The molecule has 3 atom stereocenters. The average Bonchev–Trinajstić information content (AvgIpc) is 3.22. The van der Waals surface area contributed by atoms with E-state index in [0.29, 0.717) is 11.4 Å². The number of benzene rings is 2. The molecule has 2 aromatic carbocycles. The number of hydrogen-bond acceptors (Lipinski definition) is 5. The summed E-state index contributed by atoms with van der Waals surface area (Å²) in [6.07, 6.45) is 3.18. The van der Waals surface area contributed by atoms with Crippen molar-refractivity contribution in [1.29, 1.82) is 0 Å². The molecule has 1 aliphatic rings. The molecule has 3 aromatic rings. The summed E-state index contributed by atoms with van der Waals surface area (Å²) in [6, 6.07) is 8.54. The fourth-order valence-electron chi connectivity index (χ4n) is 4.81. The Bertz CT molecular complexity index is 1240. The molecule has 10 heteroatoms. The molecule has 5 N–H and O–H groups in total. The van der Waals surface area contributed by atoms with Crippen LogP contribution in [0.5, 0.6) is 0 Å². The molecule has 1 saturated heterocycles. The number of aromatic nitrogens is 2. The number of piperidine rings is 1. The topological polar surface area (TPSA) is 116 Å². The van der Waals surface area contributed by atoms with E-state index in [1.165, 1.54) is 6.07 Å². The van der Waals surface area contributed by atoms with Crippen LogP contribution in [0.25, 0.3) is 10.9 Å². The predicted molar refractivity (Wildman–Crippen MR) is 134 cm³/mol. The lowest BCUT2D eigenvalue weighted by Crippen LogP contribution is -2.53. The van der Waals surface area contributed by atoms with Gasteiger partial charge in [-0.1, -0.05) is 18.6 Å². The summed E-state index contributed by atoms with van der Waals surface area (Å²) in [6.45, 7) is 4.57. The Kier molecular flexibility index (Phi) is 7.83. The highest BCUT2D eigenvalue weighted by Crippen LogP contribution is 2.22. The van der Waals surface area contributed by atoms with E-state index < -0.39 is 23.6 Å². The number of rotatable bonds is 8. The molecule has 0 aliphatic carbocycles. The van der Waals surface area contributed by atoms with Gasteiger partial charge in [-0.25, -0.2) is 8.78 Å². The second-order valence-electron chi connectivity index (χ2n) is 9.58. The average molecular weight is 499 g/mol. The maximum Gasteiger partial charge on any atom is 0.243 e. The van der Waals surface area contributed by atoms with Crippen molar-refractivity contribution < 1.29 is 18.4 Å². The molecular weight excluding hydrogens is 466 g/mol. The Morgan fingerprint density at radius 1 is 1.11 bits per heavy atom. The Labute approximate surface area is 208 Å². The highest BCUT2D eigenvalue weighted by molar-refractivity contribution is 5.90. The Morgan fingerprint density at radius 3 is 2.56 bits per heavy atom. The van der Waals surface area contributed by atoms with Crippen LogP contribution < -0.4 is 16.4 Å². The number of nitrogens with one attached hydrogen (secondary N) is 3. The maximum atomic E-state index is 13.8. The highest BCUT2D eigenvalue weighted by atomic mass is 19.2. The van der Waals surface area contributed by atoms with Gasteiger partial charge in [0.05, 0.1) is 12.1 Å². The summed E-state index contributed by atoms with van der Waals surface area (Å²) < 4.78 is 27.2. The monoisotopic (exact) mass is 498 g/mol. The molecule has 8 nitrogen and oxygen atoms in total. The van der Waals surface area contributed by atoms with Gasteiger partial charge in [0.25, 0.3) is 0 Å². The molecular formula is C26H32F2N6O2. The normalized spacial score (nSPS) is 19.2. The molecule has 2 heterocycles. The second-order valence-corrected chi connectivity index (χ2v) is 9.58.